The molecule has 0 atom stereocenters. The lowest BCUT2D eigenvalue weighted by Crippen LogP contribution is -2.09. The predicted octanol–water partition coefficient (Wildman–Crippen LogP) is 4.89. The number of nitrogens with zero attached hydrogens (tertiary/aromatic N) is 3. The highest BCUT2D eigenvalue weighted by molar-refractivity contribution is 7.19. The Kier molecular flexibility index (Phi) is 4.55. The fraction of sp³-hybridized carbons (Fsp3) is 0.0526. The quantitative estimate of drug-likeness (QED) is 0.549. The van der Waals surface area contributed by atoms with Crippen molar-refractivity contribution in [2.45, 2.75) is 6.92 Å². The van der Waals surface area contributed by atoms with Crippen molar-refractivity contribution in [1.82, 2.24) is 15.2 Å². The molecule has 1 N–H and O–H groups in total. The highest BCUT2D eigenvalue weighted by Crippen LogP contribution is 2.33. The number of benzene rings is 1. The first-order valence-corrected chi connectivity index (χ1v) is 9.55. The molecule has 3 aromatic heterocycles. The van der Waals surface area contributed by atoms with E-state index < -0.39 is 0 Å². The highest BCUT2D eigenvalue weighted by atomic mass is 32.1. The lowest BCUT2D eigenvalue weighted by molar-refractivity contribution is 0.103. The van der Waals surface area contributed by atoms with Crippen LogP contribution in [0.2, 0.25) is 0 Å². The second-order valence-corrected chi connectivity index (χ2v) is 7.62. The van der Waals surface area contributed by atoms with Crippen molar-refractivity contribution >= 4 is 33.7 Å². The Morgan fingerprint density at radius 3 is 2.50 bits per heavy atom. The fourth-order valence-electron chi connectivity index (χ4n) is 2.51. The summed E-state index contributed by atoms with van der Waals surface area (Å²) >= 11 is 2.82. The van der Waals surface area contributed by atoms with E-state index in [4.69, 9.17) is 0 Å². The van der Waals surface area contributed by atoms with Gasteiger partial charge in [-0.25, -0.2) is 0 Å². The zero-order valence-electron chi connectivity index (χ0n) is 13.8. The van der Waals surface area contributed by atoms with Crippen molar-refractivity contribution in [2.75, 3.05) is 5.32 Å². The Hall–Kier alpha value is -2.90. The molecule has 0 aliphatic rings. The molecule has 1 aromatic carbocycles. The summed E-state index contributed by atoms with van der Waals surface area (Å²) in [6, 6.07) is 15.7. The van der Waals surface area contributed by atoms with E-state index in [0.717, 1.165) is 26.6 Å². The van der Waals surface area contributed by atoms with Crippen LogP contribution in [0.25, 0.3) is 21.0 Å². The molecule has 0 aliphatic carbocycles. The molecule has 0 spiro atoms. The number of nitrogens with one attached hydrogen (secondary N) is 1. The Labute approximate surface area is 158 Å². The van der Waals surface area contributed by atoms with Gasteiger partial charge in [-0.3, -0.25) is 15.1 Å². The smallest absolute Gasteiger partial charge is 0.267 e. The monoisotopic (exact) mass is 378 g/mol. The average Bonchev–Trinajstić information content (AvgIpc) is 3.30. The lowest BCUT2D eigenvalue weighted by atomic mass is 10.1. The van der Waals surface area contributed by atoms with Gasteiger partial charge in [0, 0.05) is 22.8 Å². The molecule has 4 aromatic rings. The summed E-state index contributed by atoms with van der Waals surface area (Å²) in [5.74, 6) is -0.169. The third kappa shape index (κ3) is 3.40. The van der Waals surface area contributed by atoms with Gasteiger partial charge in [0.1, 0.15) is 5.01 Å². The molecule has 0 aliphatic heterocycles. The first-order chi connectivity index (χ1) is 12.7. The molecule has 3 heterocycles. The van der Waals surface area contributed by atoms with Crippen LogP contribution in [-0.2, 0) is 0 Å². The van der Waals surface area contributed by atoms with Gasteiger partial charge in [0.25, 0.3) is 5.91 Å². The minimum absolute atomic E-state index is 0.169. The van der Waals surface area contributed by atoms with Gasteiger partial charge in [-0.05, 0) is 36.2 Å². The Bertz CT molecular complexity index is 1040. The standard InChI is InChI=1S/C19H14N4OS2/c1-12-11-15(25-16(12)13-5-3-2-4-6-13)17(24)21-19-23-22-18(26-19)14-7-9-20-10-8-14/h2-11H,1H3,(H,21,23,24). The summed E-state index contributed by atoms with van der Waals surface area (Å²) in [4.78, 5) is 18.3. The molecule has 4 rings (SSSR count). The molecular formula is C19H14N4OS2. The maximum atomic E-state index is 12.6. The molecule has 0 unspecified atom stereocenters. The van der Waals surface area contributed by atoms with Gasteiger partial charge in [0.05, 0.1) is 4.88 Å². The molecular weight excluding hydrogens is 364 g/mol. The third-order valence-electron chi connectivity index (χ3n) is 3.75. The third-order valence-corrected chi connectivity index (χ3v) is 5.92. The average molecular weight is 378 g/mol. The first kappa shape index (κ1) is 16.6. The molecule has 0 fully saturated rings. The molecule has 7 heteroatoms. The molecule has 0 radical (unpaired) electrons. The van der Waals surface area contributed by atoms with Gasteiger partial charge in [0.15, 0.2) is 0 Å². The molecule has 26 heavy (non-hydrogen) atoms. The van der Waals surface area contributed by atoms with Crippen molar-refractivity contribution in [3.63, 3.8) is 0 Å². The number of thiophene rings is 1. The number of amides is 1. The first-order valence-electron chi connectivity index (χ1n) is 7.92. The molecule has 0 saturated heterocycles. The van der Waals surface area contributed by atoms with Gasteiger partial charge in [-0.2, -0.15) is 0 Å². The predicted molar refractivity (Wildman–Crippen MR) is 106 cm³/mol. The van der Waals surface area contributed by atoms with Crippen LogP contribution < -0.4 is 5.32 Å². The molecule has 128 valence electrons. The van der Waals surface area contributed by atoms with Crippen molar-refractivity contribution in [3.8, 4) is 21.0 Å². The van der Waals surface area contributed by atoms with Gasteiger partial charge < -0.3 is 0 Å². The van der Waals surface area contributed by atoms with Crippen LogP contribution in [0.1, 0.15) is 15.2 Å². The number of carbonyl (C=O) groups excluding carboxylic acids is 1. The van der Waals surface area contributed by atoms with Gasteiger partial charge >= 0.3 is 0 Å². The maximum absolute atomic E-state index is 12.6. The van der Waals surface area contributed by atoms with E-state index in [2.05, 4.69) is 20.5 Å². The van der Waals surface area contributed by atoms with E-state index in [1.807, 2.05) is 55.5 Å². The van der Waals surface area contributed by atoms with E-state index in [-0.39, 0.29) is 5.91 Å². The summed E-state index contributed by atoms with van der Waals surface area (Å²) in [5, 5.41) is 12.3. The number of hydrogen-bond donors (Lipinski definition) is 1. The van der Waals surface area contributed by atoms with Crippen LogP contribution in [-0.4, -0.2) is 21.1 Å². The Morgan fingerprint density at radius 2 is 1.73 bits per heavy atom. The zero-order valence-corrected chi connectivity index (χ0v) is 15.5. The van der Waals surface area contributed by atoms with E-state index in [1.165, 1.54) is 22.7 Å². The number of pyridine rings is 1. The number of aryl methyl sites for hydroxylation is 1. The maximum Gasteiger partial charge on any atom is 0.267 e. The van der Waals surface area contributed by atoms with Crippen LogP contribution in [0, 0.1) is 6.92 Å². The largest absolute Gasteiger partial charge is 0.296 e. The zero-order chi connectivity index (χ0) is 17.9. The summed E-state index contributed by atoms with van der Waals surface area (Å²) in [5.41, 5.74) is 3.13. The van der Waals surface area contributed by atoms with Gasteiger partial charge in [-0.1, -0.05) is 41.7 Å². The number of hydrogen-bond acceptors (Lipinski definition) is 6. The summed E-state index contributed by atoms with van der Waals surface area (Å²) in [6.07, 6.45) is 3.41. The molecule has 5 nitrogen and oxygen atoms in total. The van der Waals surface area contributed by atoms with E-state index >= 15 is 0 Å². The normalized spacial score (nSPS) is 10.7. The molecule has 0 saturated carbocycles. The van der Waals surface area contributed by atoms with Crippen molar-refractivity contribution < 1.29 is 4.79 Å². The summed E-state index contributed by atoms with van der Waals surface area (Å²) in [7, 11) is 0. The van der Waals surface area contributed by atoms with Crippen LogP contribution in [0.15, 0.2) is 60.9 Å². The summed E-state index contributed by atoms with van der Waals surface area (Å²) in [6.45, 7) is 2.02. The van der Waals surface area contributed by atoms with Crippen LogP contribution in [0.3, 0.4) is 0 Å². The second-order valence-electron chi connectivity index (χ2n) is 5.59. The summed E-state index contributed by atoms with van der Waals surface area (Å²) < 4.78 is 0. The highest BCUT2D eigenvalue weighted by Gasteiger charge is 2.16. The Morgan fingerprint density at radius 1 is 0.962 bits per heavy atom. The van der Waals surface area contributed by atoms with E-state index in [1.54, 1.807) is 12.4 Å². The molecule has 1 amide bonds. The van der Waals surface area contributed by atoms with Crippen molar-refractivity contribution in [2.24, 2.45) is 0 Å². The number of aromatic nitrogens is 3. The van der Waals surface area contributed by atoms with Crippen molar-refractivity contribution in [1.29, 1.82) is 0 Å². The fourth-order valence-corrected chi connectivity index (χ4v) is 4.33. The minimum Gasteiger partial charge on any atom is -0.296 e. The van der Waals surface area contributed by atoms with E-state index in [0.29, 0.717) is 10.0 Å². The van der Waals surface area contributed by atoms with Gasteiger partial charge in [0.2, 0.25) is 5.13 Å². The number of rotatable bonds is 4. The molecule has 0 bridgehead atoms. The minimum atomic E-state index is -0.169. The van der Waals surface area contributed by atoms with Crippen molar-refractivity contribution in [3.05, 3.63) is 71.4 Å². The van der Waals surface area contributed by atoms with Crippen LogP contribution in [0.5, 0.6) is 0 Å². The van der Waals surface area contributed by atoms with Crippen LogP contribution >= 0.6 is 22.7 Å². The van der Waals surface area contributed by atoms with Crippen LogP contribution in [0.4, 0.5) is 5.13 Å². The SMILES string of the molecule is Cc1cc(C(=O)Nc2nnc(-c3ccncc3)s2)sc1-c1ccccc1. The lowest BCUT2D eigenvalue weighted by Gasteiger charge is -1.98. The number of carbonyl (C=O) groups is 1. The topological polar surface area (TPSA) is 67.8 Å². The second kappa shape index (κ2) is 7.15. The van der Waals surface area contributed by atoms with Gasteiger partial charge in [-0.15, -0.1) is 21.5 Å². The van der Waals surface area contributed by atoms with E-state index in [9.17, 15) is 4.79 Å². The Balaban J connectivity index is 1.54. The number of anilines is 1.